The van der Waals surface area contributed by atoms with Gasteiger partial charge in [0, 0.05) is 23.7 Å². The van der Waals surface area contributed by atoms with Crippen molar-refractivity contribution < 1.29 is 14.6 Å². The van der Waals surface area contributed by atoms with E-state index in [1.165, 1.54) is 12.3 Å². The lowest BCUT2D eigenvalue weighted by atomic mass is 10.1. The summed E-state index contributed by atoms with van der Waals surface area (Å²) < 4.78 is 7.64. The first-order valence-corrected chi connectivity index (χ1v) is 7.71. The summed E-state index contributed by atoms with van der Waals surface area (Å²) in [5.41, 5.74) is -0.0249. The molecule has 6 heteroatoms. The number of rotatable bonds is 4. The van der Waals surface area contributed by atoms with Gasteiger partial charge in [-0.25, -0.2) is 4.79 Å². The molecule has 2 aromatic rings. The summed E-state index contributed by atoms with van der Waals surface area (Å²) in [6, 6.07) is 3.54. The van der Waals surface area contributed by atoms with E-state index < -0.39 is 11.4 Å². The lowest BCUT2D eigenvalue weighted by Crippen LogP contribution is -2.18. The zero-order valence-electron chi connectivity index (χ0n) is 11.7. The Labute approximate surface area is 131 Å². The summed E-state index contributed by atoms with van der Waals surface area (Å²) in [6.07, 6.45) is 5.65. The first-order valence-electron chi connectivity index (χ1n) is 7.33. The first-order chi connectivity index (χ1) is 10.5. The highest BCUT2D eigenvalue weighted by Crippen LogP contribution is 2.40. The van der Waals surface area contributed by atoms with Crippen LogP contribution in [0.4, 0.5) is 0 Å². The number of aromatic carboxylic acids is 1. The lowest BCUT2D eigenvalue weighted by Gasteiger charge is -2.14. The number of carbonyl (C=O) groups is 1. The van der Waals surface area contributed by atoms with Crippen LogP contribution in [0.25, 0.3) is 10.9 Å². The molecule has 1 aromatic carbocycles. The van der Waals surface area contributed by atoms with Crippen LogP contribution >= 0.6 is 11.6 Å². The molecule has 0 spiro atoms. The maximum atomic E-state index is 12.4. The number of carboxylic acids is 1. The van der Waals surface area contributed by atoms with Crippen molar-refractivity contribution in [2.24, 2.45) is 0 Å². The molecule has 0 aliphatic heterocycles. The predicted octanol–water partition coefficient (Wildman–Crippen LogP) is 3.23. The molecule has 114 valence electrons. The standard InChI is InChI=1S/C16H14ClNO4/c17-12-5-10-13(6-14(12)22-9-3-4-9)18(8-1-2-8)7-11(15(10)19)16(20)21/h5-9H,1-4H2,(H,20,21). The third-order valence-corrected chi connectivity index (χ3v) is 4.37. The number of hydrogen-bond donors (Lipinski definition) is 1. The summed E-state index contributed by atoms with van der Waals surface area (Å²) in [6.45, 7) is 0. The van der Waals surface area contributed by atoms with E-state index >= 15 is 0 Å². The summed E-state index contributed by atoms with van der Waals surface area (Å²) in [4.78, 5) is 23.7. The summed E-state index contributed by atoms with van der Waals surface area (Å²) in [7, 11) is 0. The van der Waals surface area contributed by atoms with Gasteiger partial charge in [-0.05, 0) is 31.7 Å². The van der Waals surface area contributed by atoms with Crippen LogP contribution in [0.15, 0.2) is 23.1 Å². The maximum absolute atomic E-state index is 12.4. The molecule has 0 radical (unpaired) electrons. The number of pyridine rings is 1. The average Bonchev–Trinajstić information content (AvgIpc) is 3.34. The molecule has 2 aliphatic carbocycles. The highest BCUT2D eigenvalue weighted by atomic mass is 35.5. The number of ether oxygens (including phenoxy) is 1. The third kappa shape index (κ3) is 2.25. The van der Waals surface area contributed by atoms with Crippen molar-refractivity contribution in [1.29, 1.82) is 0 Å². The summed E-state index contributed by atoms with van der Waals surface area (Å²) in [5, 5.41) is 9.91. The number of carboxylic acid groups (broad SMARTS) is 1. The van der Waals surface area contributed by atoms with Crippen LogP contribution in [-0.4, -0.2) is 21.7 Å². The Balaban J connectivity index is 1.98. The molecule has 2 saturated carbocycles. The molecule has 0 bridgehead atoms. The molecule has 0 amide bonds. The lowest BCUT2D eigenvalue weighted by molar-refractivity contribution is 0.0695. The zero-order valence-corrected chi connectivity index (χ0v) is 12.5. The summed E-state index contributed by atoms with van der Waals surface area (Å²) >= 11 is 6.21. The van der Waals surface area contributed by atoms with E-state index in [1.807, 2.05) is 4.57 Å². The van der Waals surface area contributed by atoms with E-state index in [0.29, 0.717) is 21.7 Å². The molecule has 5 nitrogen and oxygen atoms in total. The molecule has 1 N–H and O–H groups in total. The zero-order chi connectivity index (χ0) is 15.4. The second kappa shape index (κ2) is 4.74. The van der Waals surface area contributed by atoms with Crippen molar-refractivity contribution in [3.8, 4) is 5.75 Å². The third-order valence-electron chi connectivity index (χ3n) is 4.07. The quantitative estimate of drug-likeness (QED) is 0.939. The van der Waals surface area contributed by atoms with Crippen molar-refractivity contribution in [3.63, 3.8) is 0 Å². The van der Waals surface area contributed by atoms with E-state index in [1.54, 1.807) is 6.07 Å². The molecule has 0 unspecified atom stereocenters. The smallest absolute Gasteiger partial charge is 0.341 e. The van der Waals surface area contributed by atoms with Crippen LogP contribution in [0.3, 0.4) is 0 Å². The van der Waals surface area contributed by atoms with Gasteiger partial charge in [-0.3, -0.25) is 4.79 Å². The Morgan fingerprint density at radius 2 is 2.00 bits per heavy atom. The Kier molecular flexibility index (Phi) is 2.94. The minimum atomic E-state index is -1.21. The Bertz CT molecular complexity index is 849. The largest absolute Gasteiger partial charge is 0.489 e. The topological polar surface area (TPSA) is 68.5 Å². The van der Waals surface area contributed by atoms with Crippen LogP contribution in [0.1, 0.15) is 42.1 Å². The first kappa shape index (κ1) is 13.6. The van der Waals surface area contributed by atoms with E-state index in [-0.39, 0.29) is 17.7 Å². The molecule has 1 heterocycles. The van der Waals surface area contributed by atoms with E-state index in [9.17, 15) is 14.7 Å². The Morgan fingerprint density at radius 3 is 2.59 bits per heavy atom. The second-order valence-corrected chi connectivity index (χ2v) is 6.34. The molecule has 4 rings (SSSR count). The van der Waals surface area contributed by atoms with Gasteiger partial charge in [0.05, 0.1) is 16.6 Å². The van der Waals surface area contributed by atoms with E-state index in [2.05, 4.69) is 0 Å². The van der Waals surface area contributed by atoms with Crippen molar-refractivity contribution in [3.05, 3.63) is 39.1 Å². The van der Waals surface area contributed by atoms with Crippen LogP contribution in [0.2, 0.25) is 5.02 Å². The van der Waals surface area contributed by atoms with Gasteiger partial charge in [0.25, 0.3) is 0 Å². The molecule has 1 aromatic heterocycles. The SMILES string of the molecule is O=C(O)c1cn(C2CC2)c2cc(OC3CC3)c(Cl)cc2c1=O. The monoisotopic (exact) mass is 319 g/mol. The minimum absolute atomic E-state index is 0.203. The van der Waals surface area contributed by atoms with Gasteiger partial charge in [0.15, 0.2) is 0 Å². The predicted molar refractivity (Wildman–Crippen MR) is 82.1 cm³/mol. The maximum Gasteiger partial charge on any atom is 0.341 e. The molecule has 2 fully saturated rings. The van der Waals surface area contributed by atoms with Gasteiger partial charge in [-0.2, -0.15) is 0 Å². The van der Waals surface area contributed by atoms with E-state index in [4.69, 9.17) is 16.3 Å². The highest BCUT2D eigenvalue weighted by molar-refractivity contribution is 6.32. The van der Waals surface area contributed by atoms with Crippen LogP contribution in [0, 0.1) is 0 Å². The number of fused-ring (bicyclic) bond motifs is 1. The van der Waals surface area contributed by atoms with Crippen molar-refractivity contribution in [2.75, 3.05) is 0 Å². The summed E-state index contributed by atoms with van der Waals surface area (Å²) in [5.74, 6) is -0.649. The van der Waals surface area contributed by atoms with Crippen LogP contribution in [0.5, 0.6) is 5.75 Å². The molecular formula is C16H14ClNO4. The van der Waals surface area contributed by atoms with Crippen molar-refractivity contribution in [1.82, 2.24) is 4.57 Å². The van der Waals surface area contributed by atoms with Gasteiger partial charge in [0.2, 0.25) is 5.43 Å². The molecule has 22 heavy (non-hydrogen) atoms. The fourth-order valence-corrected chi connectivity index (χ4v) is 2.82. The number of nitrogens with zero attached hydrogens (tertiary/aromatic N) is 1. The van der Waals surface area contributed by atoms with E-state index in [0.717, 1.165) is 25.7 Å². The number of aromatic nitrogens is 1. The van der Waals surface area contributed by atoms with Gasteiger partial charge in [-0.1, -0.05) is 11.6 Å². The Morgan fingerprint density at radius 1 is 1.27 bits per heavy atom. The fraction of sp³-hybridized carbons (Fsp3) is 0.375. The Hall–Kier alpha value is -2.01. The minimum Gasteiger partial charge on any atom is -0.489 e. The van der Waals surface area contributed by atoms with Crippen LogP contribution in [-0.2, 0) is 0 Å². The number of hydrogen-bond acceptors (Lipinski definition) is 3. The van der Waals surface area contributed by atoms with Gasteiger partial charge < -0.3 is 14.4 Å². The van der Waals surface area contributed by atoms with Gasteiger partial charge in [-0.15, -0.1) is 0 Å². The normalized spacial score (nSPS) is 17.7. The molecule has 0 saturated heterocycles. The number of halogens is 1. The number of benzene rings is 1. The molecule has 0 atom stereocenters. The molecule has 2 aliphatic rings. The second-order valence-electron chi connectivity index (χ2n) is 5.93. The van der Waals surface area contributed by atoms with Gasteiger partial charge >= 0.3 is 5.97 Å². The van der Waals surface area contributed by atoms with Gasteiger partial charge in [0.1, 0.15) is 11.3 Å². The van der Waals surface area contributed by atoms with Crippen molar-refractivity contribution >= 4 is 28.5 Å². The van der Waals surface area contributed by atoms with Crippen molar-refractivity contribution in [2.45, 2.75) is 37.8 Å². The average molecular weight is 320 g/mol. The fourth-order valence-electron chi connectivity index (χ4n) is 2.61. The molecular weight excluding hydrogens is 306 g/mol. The van der Waals surface area contributed by atoms with Crippen LogP contribution < -0.4 is 10.2 Å². The highest BCUT2D eigenvalue weighted by Gasteiger charge is 2.29.